The summed E-state index contributed by atoms with van der Waals surface area (Å²) in [5.74, 6) is 0.900. The monoisotopic (exact) mass is 313 g/mol. The molecular formula is C14H24BrN3. The van der Waals surface area contributed by atoms with Crippen LogP contribution in [0.3, 0.4) is 0 Å². The summed E-state index contributed by atoms with van der Waals surface area (Å²) < 4.78 is 3.16. The lowest BCUT2D eigenvalue weighted by Gasteiger charge is -2.27. The van der Waals surface area contributed by atoms with Gasteiger partial charge in [0, 0.05) is 20.1 Å². The first kappa shape index (κ1) is 14.1. The van der Waals surface area contributed by atoms with Crippen LogP contribution in [0.5, 0.6) is 0 Å². The van der Waals surface area contributed by atoms with Crippen molar-refractivity contribution in [3.8, 4) is 0 Å². The summed E-state index contributed by atoms with van der Waals surface area (Å²) in [4.78, 5) is 2.44. The Labute approximate surface area is 119 Å². The second kappa shape index (κ2) is 6.20. The van der Waals surface area contributed by atoms with Crippen LogP contribution in [0.25, 0.3) is 0 Å². The van der Waals surface area contributed by atoms with Crippen LogP contribution >= 0.6 is 15.9 Å². The second-order valence-corrected chi connectivity index (χ2v) is 6.46. The minimum Gasteiger partial charge on any atom is -0.300 e. The van der Waals surface area contributed by atoms with E-state index in [-0.39, 0.29) is 0 Å². The van der Waals surface area contributed by atoms with Crippen molar-refractivity contribution in [3.63, 3.8) is 0 Å². The number of aryl methyl sites for hydroxylation is 2. The molecule has 1 saturated carbocycles. The summed E-state index contributed by atoms with van der Waals surface area (Å²) in [7, 11) is 4.25. The summed E-state index contributed by atoms with van der Waals surface area (Å²) >= 11 is 3.64. The second-order valence-electron chi connectivity index (χ2n) is 5.67. The van der Waals surface area contributed by atoms with Crippen molar-refractivity contribution in [2.24, 2.45) is 13.0 Å². The van der Waals surface area contributed by atoms with E-state index < -0.39 is 0 Å². The maximum atomic E-state index is 4.45. The Morgan fingerprint density at radius 3 is 2.56 bits per heavy atom. The zero-order chi connectivity index (χ0) is 13.1. The van der Waals surface area contributed by atoms with Gasteiger partial charge in [0.15, 0.2) is 0 Å². The summed E-state index contributed by atoms with van der Waals surface area (Å²) in [5, 5.41) is 4.45. The molecule has 0 aliphatic heterocycles. The fourth-order valence-corrected chi connectivity index (χ4v) is 3.44. The Morgan fingerprint density at radius 2 is 2.00 bits per heavy atom. The van der Waals surface area contributed by atoms with Gasteiger partial charge in [-0.2, -0.15) is 5.10 Å². The molecule has 0 atom stereocenters. The lowest BCUT2D eigenvalue weighted by atomic mass is 9.89. The lowest BCUT2D eigenvalue weighted by Crippen LogP contribution is -2.27. The number of aromatic nitrogens is 2. The average molecular weight is 314 g/mol. The van der Waals surface area contributed by atoms with Gasteiger partial charge in [-0.1, -0.05) is 19.3 Å². The largest absolute Gasteiger partial charge is 0.300 e. The molecule has 0 spiro atoms. The Bertz CT molecular complexity index is 394. The summed E-state index contributed by atoms with van der Waals surface area (Å²) in [6.07, 6.45) is 7.11. The predicted molar refractivity (Wildman–Crippen MR) is 78.6 cm³/mol. The highest BCUT2D eigenvalue weighted by Crippen LogP contribution is 2.26. The maximum absolute atomic E-state index is 4.45. The molecule has 0 amide bonds. The van der Waals surface area contributed by atoms with Gasteiger partial charge in [-0.25, -0.2) is 0 Å². The average Bonchev–Trinajstić information content (AvgIpc) is 2.57. The summed E-state index contributed by atoms with van der Waals surface area (Å²) in [6.45, 7) is 4.25. The topological polar surface area (TPSA) is 21.1 Å². The molecule has 0 aromatic carbocycles. The smallest absolute Gasteiger partial charge is 0.0739 e. The van der Waals surface area contributed by atoms with E-state index in [1.54, 1.807) is 0 Å². The molecule has 1 heterocycles. The highest BCUT2D eigenvalue weighted by Gasteiger charge is 2.17. The molecule has 0 saturated heterocycles. The van der Waals surface area contributed by atoms with Gasteiger partial charge in [-0.05, 0) is 48.7 Å². The van der Waals surface area contributed by atoms with Crippen LogP contribution in [0.4, 0.5) is 0 Å². The van der Waals surface area contributed by atoms with Crippen molar-refractivity contribution in [3.05, 3.63) is 15.9 Å². The van der Waals surface area contributed by atoms with E-state index in [2.05, 4.69) is 39.9 Å². The Hall–Kier alpha value is -0.350. The van der Waals surface area contributed by atoms with Gasteiger partial charge >= 0.3 is 0 Å². The maximum Gasteiger partial charge on any atom is 0.0739 e. The first-order valence-electron chi connectivity index (χ1n) is 6.94. The first-order chi connectivity index (χ1) is 8.58. The van der Waals surface area contributed by atoms with Crippen molar-refractivity contribution in [2.75, 3.05) is 13.6 Å². The molecule has 2 rings (SSSR count). The van der Waals surface area contributed by atoms with Crippen molar-refractivity contribution >= 4 is 15.9 Å². The van der Waals surface area contributed by atoms with E-state index in [1.165, 1.54) is 48.8 Å². The third kappa shape index (κ3) is 3.35. The molecular weight excluding hydrogens is 290 g/mol. The number of halogens is 1. The van der Waals surface area contributed by atoms with Crippen molar-refractivity contribution < 1.29 is 0 Å². The molecule has 1 aromatic heterocycles. The minimum atomic E-state index is 0.900. The third-order valence-electron chi connectivity index (χ3n) is 3.98. The van der Waals surface area contributed by atoms with Crippen LogP contribution in [-0.4, -0.2) is 28.3 Å². The molecule has 3 nitrogen and oxygen atoms in total. The molecule has 0 N–H and O–H groups in total. The molecule has 1 fully saturated rings. The van der Waals surface area contributed by atoms with Gasteiger partial charge in [0.25, 0.3) is 0 Å². The molecule has 0 unspecified atom stereocenters. The van der Waals surface area contributed by atoms with Gasteiger partial charge < -0.3 is 4.90 Å². The molecule has 102 valence electrons. The van der Waals surface area contributed by atoms with Crippen LogP contribution in [-0.2, 0) is 13.6 Å². The molecule has 0 radical (unpaired) electrons. The predicted octanol–water partition coefficient (Wildman–Crippen LogP) is 3.50. The van der Waals surface area contributed by atoms with Crippen LogP contribution in [0.2, 0.25) is 0 Å². The van der Waals surface area contributed by atoms with E-state index in [0.717, 1.165) is 18.2 Å². The van der Waals surface area contributed by atoms with Crippen molar-refractivity contribution in [1.29, 1.82) is 0 Å². The molecule has 4 heteroatoms. The molecule has 18 heavy (non-hydrogen) atoms. The van der Waals surface area contributed by atoms with Crippen molar-refractivity contribution in [1.82, 2.24) is 14.7 Å². The van der Waals surface area contributed by atoms with Gasteiger partial charge in [0.1, 0.15) is 0 Å². The van der Waals surface area contributed by atoms with E-state index >= 15 is 0 Å². The summed E-state index contributed by atoms with van der Waals surface area (Å²) in [5.41, 5.74) is 2.37. The number of nitrogens with zero attached hydrogens (tertiary/aromatic N) is 3. The fraction of sp³-hybridized carbons (Fsp3) is 0.786. The molecule has 1 aliphatic carbocycles. The number of hydrogen-bond donors (Lipinski definition) is 0. The van der Waals surface area contributed by atoms with E-state index in [9.17, 15) is 0 Å². The molecule has 1 aromatic rings. The van der Waals surface area contributed by atoms with Crippen LogP contribution in [0, 0.1) is 12.8 Å². The van der Waals surface area contributed by atoms with E-state index in [1.807, 2.05) is 11.7 Å². The van der Waals surface area contributed by atoms with Gasteiger partial charge in [0.05, 0.1) is 15.9 Å². The highest BCUT2D eigenvalue weighted by molar-refractivity contribution is 9.10. The molecule has 0 bridgehead atoms. The van der Waals surface area contributed by atoms with E-state index in [0.29, 0.717) is 0 Å². The van der Waals surface area contributed by atoms with Crippen molar-refractivity contribution in [2.45, 2.75) is 45.6 Å². The lowest BCUT2D eigenvalue weighted by molar-refractivity contribution is 0.224. The normalized spacial score (nSPS) is 17.6. The zero-order valence-corrected chi connectivity index (χ0v) is 13.3. The van der Waals surface area contributed by atoms with E-state index in [4.69, 9.17) is 0 Å². The third-order valence-corrected chi connectivity index (χ3v) is 5.01. The van der Waals surface area contributed by atoms with Gasteiger partial charge in [-0.15, -0.1) is 0 Å². The number of rotatable bonds is 4. The Morgan fingerprint density at radius 1 is 1.33 bits per heavy atom. The fourth-order valence-electron chi connectivity index (χ4n) is 2.98. The van der Waals surface area contributed by atoms with Gasteiger partial charge in [-0.3, -0.25) is 4.68 Å². The minimum absolute atomic E-state index is 0.900. The number of hydrogen-bond acceptors (Lipinski definition) is 2. The van der Waals surface area contributed by atoms with Crippen LogP contribution < -0.4 is 0 Å². The standard InChI is InChI=1S/C14H24BrN3/c1-11-14(15)13(18(3)16-11)10-17(2)9-12-7-5-4-6-8-12/h12H,4-10H2,1-3H3. The Balaban J connectivity index is 1.91. The highest BCUT2D eigenvalue weighted by atomic mass is 79.9. The van der Waals surface area contributed by atoms with Gasteiger partial charge in [0.2, 0.25) is 0 Å². The van der Waals surface area contributed by atoms with Crippen LogP contribution in [0.1, 0.15) is 43.5 Å². The quantitative estimate of drug-likeness (QED) is 0.848. The summed E-state index contributed by atoms with van der Waals surface area (Å²) in [6, 6.07) is 0. The first-order valence-corrected chi connectivity index (χ1v) is 7.73. The Kier molecular flexibility index (Phi) is 4.84. The van der Waals surface area contributed by atoms with Crippen LogP contribution in [0.15, 0.2) is 4.47 Å². The SMILES string of the molecule is Cc1nn(C)c(CN(C)CC2CCCCC2)c1Br. The molecule has 1 aliphatic rings. The zero-order valence-electron chi connectivity index (χ0n) is 11.7.